The van der Waals surface area contributed by atoms with E-state index in [0.29, 0.717) is 26.2 Å². The molecular formula is C15H25NO5. The molecule has 0 bridgehead atoms. The van der Waals surface area contributed by atoms with E-state index in [9.17, 15) is 19.8 Å². The van der Waals surface area contributed by atoms with Crippen molar-refractivity contribution in [3.05, 3.63) is 11.1 Å². The van der Waals surface area contributed by atoms with Crippen LogP contribution < -0.4 is 0 Å². The van der Waals surface area contributed by atoms with Gasteiger partial charge in [0.05, 0.1) is 13.2 Å². The zero-order chi connectivity index (χ0) is 15.8. The second-order valence-electron chi connectivity index (χ2n) is 5.49. The number of nitrogens with zero attached hydrogens (tertiary/aromatic N) is 1. The first-order valence-electron chi connectivity index (χ1n) is 7.44. The third-order valence-electron chi connectivity index (χ3n) is 3.91. The molecule has 0 amide bonds. The van der Waals surface area contributed by atoms with Gasteiger partial charge in [0, 0.05) is 30.8 Å². The minimum absolute atomic E-state index is 0.0364. The van der Waals surface area contributed by atoms with Gasteiger partial charge < -0.3 is 14.9 Å². The molecule has 6 nitrogen and oxygen atoms in total. The highest BCUT2D eigenvalue weighted by atomic mass is 16.5. The number of carbonyl (C=O) groups is 2. The van der Waals surface area contributed by atoms with Gasteiger partial charge >= 0.3 is 11.9 Å². The van der Waals surface area contributed by atoms with E-state index in [1.165, 1.54) is 0 Å². The number of ether oxygens (including phenoxy) is 1. The van der Waals surface area contributed by atoms with Crippen molar-refractivity contribution < 1.29 is 24.5 Å². The van der Waals surface area contributed by atoms with E-state index in [1.54, 1.807) is 0 Å². The molecule has 2 N–H and O–H groups in total. The molecule has 0 radical (unpaired) electrons. The highest BCUT2D eigenvalue weighted by Gasteiger charge is 2.22. The van der Waals surface area contributed by atoms with Crippen molar-refractivity contribution in [1.82, 2.24) is 4.90 Å². The molecule has 0 aromatic rings. The molecule has 0 aromatic carbocycles. The minimum atomic E-state index is -1.12. The zero-order valence-electron chi connectivity index (χ0n) is 12.8. The highest BCUT2D eigenvalue weighted by Crippen LogP contribution is 2.21. The van der Waals surface area contributed by atoms with Crippen molar-refractivity contribution in [1.29, 1.82) is 0 Å². The van der Waals surface area contributed by atoms with E-state index in [2.05, 4.69) is 4.90 Å². The summed E-state index contributed by atoms with van der Waals surface area (Å²) in [4.78, 5) is 24.9. The third-order valence-corrected chi connectivity index (χ3v) is 3.91. The minimum Gasteiger partial charge on any atom is -0.478 e. The number of carboxylic acid groups (broad SMARTS) is 2. The average Bonchev–Trinajstić information content (AvgIpc) is 2.46. The van der Waals surface area contributed by atoms with Gasteiger partial charge in [-0.25, -0.2) is 9.59 Å². The standard InChI is InChI=1S/C15H25NO5/c1-3-11(2)10-13(15(19)20)12(14(17)18)4-5-16-6-8-21-9-7-16/h11H,3-10H2,1-2H3,(H,17,18)(H,19,20)/b13-12+. The average molecular weight is 299 g/mol. The van der Waals surface area contributed by atoms with E-state index in [1.807, 2.05) is 13.8 Å². The van der Waals surface area contributed by atoms with Gasteiger partial charge in [-0.1, -0.05) is 20.3 Å². The van der Waals surface area contributed by atoms with Crippen LogP contribution in [0.2, 0.25) is 0 Å². The van der Waals surface area contributed by atoms with E-state index in [4.69, 9.17) is 4.74 Å². The lowest BCUT2D eigenvalue weighted by molar-refractivity contribution is -0.136. The fourth-order valence-electron chi connectivity index (χ4n) is 2.31. The van der Waals surface area contributed by atoms with Crippen molar-refractivity contribution in [2.75, 3.05) is 32.8 Å². The van der Waals surface area contributed by atoms with E-state index >= 15 is 0 Å². The van der Waals surface area contributed by atoms with Crippen LogP contribution in [0, 0.1) is 5.92 Å². The lowest BCUT2D eigenvalue weighted by Crippen LogP contribution is -2.37. The summed E-state index contributed by atoms with van der Waals surface area (Å²) in [5, 5.41) is 18.7. The first-order chi connectivity index (χ1) is 9.95. The van der Waals surface area contributed by atoms with Gasteiger partial charge in [0.15, 0.2) is 0 Å². The van der Waals surface area contributed by atoms with Gasteiger partial charge in [0.25, 0.3) is 0 Å². The molecule has 21 heavy (non-hydrogen) atoms. The summed E-state index contributed by atoms with van der Waals surface area (Å²) in [6, 6.07) is 0. The van der Waals surface area contributed by atoms with Crippen LogP contribution in [-0.2, 0) is 14.3 Å². The van der Waals surface area contributed by atoms with Crippen molar-refractivity contribution in [2.45, 2.75) is 33.1 Å². The summed E-state index contributed by atoms with van der Waals surface area (Å²) in [5.41, 5.74) is 0.0828. The van der Waals surface area contributed by atoms with Gasteiger partial charge in [-0.05, 0) is 18.8 Å². The third kappa shape index (κ3) is 5.85. The van der Waals surface area contributed by atoms with E-state index in [0.717, 1.165) is 19.5 Å². The molecule has 1 saturated heterocycles. The topological polar surface area (TPSA) is 87.1 Å². The number of hydrogen-bond acceptors (Lipinski definition) is 4. The first-order valence-corrected chi connectivity index (χ1v) is 7.44. The predicted molar refractivity (Wildman–Crippen MR) is 78.2 cm³/mol. The molecule has 1 atom stereocenters. The number of carboxylic acids is 2. The van der Waals surface area contributed by atoms with Crippen molar-refractivity contribution in [2.24, 2.45) is 5.92 Å². The number of aliphatic carboxylic acids is 2. The molecule has 1 aliphatic rings. The Morgan fingerprint density at radius 3 is 2.19 bits per heavy atom. The van der Waals surface area contributed by atoms with Gasteiger partial charge in [-0.2, -0.15) is 0 Å². The fraction of sp³-hybridized carbons (Fsp3) is 0.733. The molecule has 1 rings (SSSR count). The van der Waals surface area contributed by atoms with Crippen LogP contribution in [0.1, 0.15) is 33.1 Å². The first kappa shape index (κ1) is 17.7. The maximum Gasteiger partial charge on any atom is 0.332 e. The molecule has 1 unspecified atom stereocenters. The van der Waals surface area contributed by atoms with Gasteiger partial charge in [-0.3, -0.25) is 4.90 Å². The molecule has 1 aliphatic heterocycles. The lowest BCUT2D eigenvalue weighted by Gasteiger charge is -2.26. The molecule has 1 heterocycles. The summed E-state index contributed by atoms with van der Waals surface area (Å²) < 4.78 is 5.24. The maximum absolute atomic E-state index is 11.4. The second kappa shape index (κ2) is 8.79. The van der Waals surface area contributed by atoms with Gasteiger partial charge in [0.1, 0.15) is 0 Å². The molecule has 6 heteroatoms. The Morgan fingerprint density at radius 1 is 1.14 bits per heavy atom. The maximum atomic E-state index is 11.4. The van der Waals surface area contributed by atoms with Crippen LogP contribution in [0.25, 0.3) is 0 Å². The summed E-state index contributed by atoms with van der Waals surface area (Å²) in [5.74, 6) is -2.08. The lowest BCUT2D eigenvalue weighted by atomic mass is 9.93. The molecular weight excluding hydrogens is 274 g/mol. The van der Waals surface area contributed by atoms with Gasteiger partial charge in [-0.15, -0.1) is 0 Å². The normalized spacial score (nSPS) is 19.0. The number of hydrogen-bond donors (Lipinski definition) is 2. The van der Waals surface area contributed by atoms with E-state index < -0.39 is 11.9 Å². The Kier molecular flexibility index (Phi) is 7.39. The monoisotopic (exact) mass is 299 g/mol. The Morgan fingerprint density at radius 2 is 1.71 bits per heavy atom. The van der Waals surface area contributed by atoms with Crippen molar-refractivity contribution in [3.8, 4) is 0 Å². The van der Waals surface area contributed by atoms with Crippen LogP contribution in [-0.4, -0.2) is 59.9 Å². The molecule has 0 spiro atoms. The summed E-state index contributed by atoms with van der Waals surface area (Å²) in [6.45, 7) is 7.28. The molecule has 0 saturated carbocycles. The predicted octanol–water partition coefficient (Wildman–Crippen LogP) is 1.61. The molecule has 0 aliphatic carbocycles. The number of morpholine rings is 1. The fourth-order valence-corrected chi connectivity index (χ4v) is 2.31. The largest absolute Gasteiger partial charge is 0.478 e. The van der Waals surface area contributed by atoms with Crippen molar-refractivity contribution in [3.63, 3.8) is 0 Å². The second-order valence-corrected chi connectivity index (χ2v) is 5.49. The summed E-state index contributed by atoms with van der Waals surface area (Å²) >= 11 is 0. The SMILES string of the molecule is CCC(C)C/C(C(=O)O)=C(/CCN1CCOCC1)C(=O)O. The Balaban J connectivity index is 2.80. The molecule has 120 valence electrons. The smallest absolute Gasteiger partial charge is 0.332 e. The Labute approximate surface area is 125 Å². The molecule has 0 aromatic heterocycles. The van der Waals surface area contributed by atoms with Crippen LogP contribution in [0.5, 0.6) is 0 Å². The Hall–Kier alpha value is -1.40. The van der Waals surface area contributed by atoms with Crippen LogP contribution in [0.4, 0.5) is 0 Å². The zero-order valence-corrected chi connectivity index (χ0v) is 12.8. The Bertz CT molecular complexity index is 399. The summed E-state index contributed by atoms with van der Waals surface area (Å²) in [7, 11) is 0. The quantitative estimate of drug-likeness (QED) is 0.662. The highest BCUT2D eigenvalue weighted by molar-refractivity contribution is 5.98. The van der Waals surface area contributed by atoms with Gasteiger partial charge in [0.2, 0.25) is 0 Å². The van der Waals surface area contributed by atoms with Crippen LogP contribution in [0.3, 0.4) is 0 Å². The summed E-state index contributed by atoms with van der Waals surface area (Å²) in [6.07, 6.45) is 1.39. The van der Waals surface area contributed by atoms with Crippen molar-refractivity contribution >= 4 is 11.9 Å². The molecule has 1 fully saturated rings. The number of rotatable bonds is 8. The van der Waals surface area contributed by atoms with Crippen LogP contribution in [0.15, 0.2) is 11.1 Å². The van der Waals surface area contributed by atoms with Crippen LogP contribution >= 0.6 is 0 Å². The van der Waals surface area contributed by atoms with E-state index in [-0.39, 0.29) is 23.5 Å².